The van der Waals surface area contributed by atoms with Gasteiger partial charge in [0, 0.05) is 6.42 Å². The van der Waals surface area contributed by atoms with Crippen molar-refractivity contribution in [3.8, 4) is 5.75 Å². The van der Waals surface area contributed by atoms with Crippen molar-refractivity contribution < 1.29 is 9.94 Å². The van der Waals surface area contributed by atoms with Gasteiger partial charge in [0.25, 0.3) is 0 Å². The standard InChI is InChI=1S/C11H13NO2/c1-14-11-4-2-3-8-7-9(12-13)5-6-10(8)11/h2-4,13H,5-7H2,1H3/b12-9+. The van der Waals surface area contributed by atoms with Crippen LogP contribution in [0.15, 0.2) is 23.4 Å². The van der Waals surface area contributed by atoms with Gasteiger partial charge in [-0.1, -0.05) is 17.3 Å². The lowest BCUT2D eigenvalue weighted by molar-refractivity contribution is 0.316. The van der Waals surface area contributed by atoms with E-state index in [-0.39, 0.29) is 0 Å². The van der Waals surface area contributed by atoms with E-state index in [1.165, 1.54) is 11.1 Å². The van der Waals surface area contributed by atoms with Gasteiger partial charge in [-0.2, -0.15) is 0 Å². The summed E-state index contributed by atoms with van der Waals surface area (Å²) in [7, 11) is 1.69. The van der Waals surface area contributed by atoms with Crippen LogP contribution in [0.25, 0.3) is 0 Å². The lowest BCUT2D eigenvalue weighted by Crippen LogP contribution is -2.14. The van der Waals surface area contributed by atoms with E-state index in [2.05, 4.69) is 11.2 Å². The molecule has 0 radical (unpaired) electrons. The molecule has 0 atom stereocenters. The van der Waals surface area contributed by atoms with E-state index in [9.17, 15) is 0 Å². The number of hydrogen-bond acceptors (Lipinski definition) is 3. The molecule has 0 fully saturated rings. The first-order chi connectivity index (χ1) is 6.85. The molecule has 0 amide bonds. The fourth-order valence-corrected chi connectivity index (χ4v) is 1.91. The van der Waals surface area contributed by atoms with Gasteiger partial charge in [0.2, 0.25) is 0 Å². The Morgan fingerprint density at radius 2 is 2.21 bits per heavy atom. The Hall–Kier alpha value is -1.51. The zero-order valence-electron chi connectivity index (χ0n) is 8.16. The maximum Gasteiger partial charge on any atom is 0.122 e. The molecule has 0 aliphatic heterocycles. The molecule has 0 unspecified atom stereocenters. The average Bonchev–Trinajstić information content (AvgIpc) is 2.27. The molecule has 1 aliphatic rings. The highest BCUT2D eigenvalue weighted by molar-refractivity contribution is 5.88. The number of hydrogen-bond donors (Lipinski definition) is 1. The maximum atomic E-state index is 8.70. The molecule has 14 heavy (non-hydrogen) atoms. The van der Waals surface area contributed by atoms with Crippen molar-refractivity contribution in [1.82, 2.24) is 0 Å². The van der Waals surface area contributed by atoms with Crippen molar-refractivity contribution in [2.75, 3.05) is 7.11 Å². The molecular weight excluding hydrogens is 178 g/mol. The van der Waals surface area contributed by atoms with Crippen LogP contribution in [-0.4, -0.2) is 18.0 Å². The summed E-state index contributed by atoms with van der Waals surface area (Å²) in [5.41, 5.74) is 3.32. The van der Waals surface area contributed by atoms with Crippen LogP contribution >= 0.6 is 0 Å². The lowest BCUT2D eigenvalue weighted by Gasteiger charge is -2.18. The largest absolute Gasteiger partial charge is 0.496 e. The monoisotopic (exact) mass is 191 g/mol. The molecule has 74 valence electrons. The van der Waals surface area contributed by atoms with Gasteiger partial charge in [-0.15, -0.1) is 0 Å². The van der Waals surface area contributed by atoms with Gasteiger partial charge in [-0.05, 0) is 30.0 Å². The van der Waals surface area contributed by atoms with Crippen LogP contribution in [0.4, 0.5) is 0 Å². The van der Waals surface area contributed by atoms with Crippen LogP contribution in [-0.2, 0) is 12.8 Å². The van der Waals surface area contributed by atoms with Crippen molar-refractivity contribution in [3.05, 3.63) is 29.3 Å². The zero-order valence-corrected chi connectivity index (χ0v) is 8.16. The third-order valence-corrected chi connectivity index (χ3v) is 2.65. The van der Waals surface area contributed by atoms with Crippen LogP contribution in [0.2, 0.25) is 0 Å². The van der Waals surface area contributed by atoms with E-state index < -0.39 is 0 Å². The van der Waals surface area contributed by atoms with Crippen molar-refractivity contribution >= 4 is 5.71 Å². The summed E-state index contributed by atoms with van der Waals surface area (Å²) in [6.45, 7) is 0. The summed E-state index contributed by atoms with van der Waals surface area (Å²) in [4.78, 5) is 0. The molecule has 1 aromatic carbocycles. The van der Waals surface area contributed by atoms with Gasteiger partial charge in [-0.3, -0.25) is 0 Å². The van der Waals surface area contributed by atoms with Crippen molar-refractivity contribution in [2.45, 2.75) is 19.3 Å². The number of nitrogens with zero attached hydrogens (tertiary/aromatic N) is 1. The molecule has 1 N–H and O–H groups in total. The molecule has 0 heterocycles. The molecule has 1 aromatic rings. The van der Waals surface area contributed by atoms with E-state index in [0.717, 1.165) is 30.7 Å². The predicted molar refractivity (Wildman–Crippen MR) is 54.2 cm³/mol. The Labute approximate surface area is 83.0 Å². The van der Waals surface area contributed by atoms with Gasteiger partial charge in [-0.25, -0.2) is 0 Å². The quantitative estimate of drug-likeness (QED) is 0.545. The van der Waals surface area contributed by atoms with Crippen LogP contribution in [0.5, 0.6) is 5.75 Å². The van der Waals surface area contributed by atoms with Crippen molar-refractivity contribution in [1.29, 1.82) is 0 Å². The van der Waals surface area contributed by atoms with Crippen LogP contribution in [0.1, 0.15) is 17.5 Å². The number of benzene rings is 1. The minimum atomic E-state index is 0.739. The molecule has 3 nitrogen and oxygen atoms in total. The minimum Gasteiger partial charge on any atom is -0.496 e. The highest BCUT2D eigenvalue weighted by Crippen LogP contribution is 2.28. The second-order valence-corrected chi connectivity index (χ2v) is 3.44. The van der Waals surface area contributed by atoms with Crippen molar-refractivity contribution in [3.63, 3.8) is 0 Å². The fourth-order valence-electron chi connectivity index (χ4n) is 1.91. The molecule has 3 heteroatoms. The lowest BCUT2D eigenvalue weighted by atomic mass is 9.90. The van der Waals surface area contributed by atoms with Gasteiger partial charge >= 0.3 is 0 Å². The number of ether oxygens (including phenoxy) is 1. The first kappa shape index (κ1) is 9.06. The molecule has 0 bridgehead atoms. The van der Waals surface area contributed by atoms with E-state index in [4.69, 9.17) is 9.94 Å². The maximum absolute atomic E-state index is 8.70. The van der Waals surface area contributed by atoms with Gasteiger partial charge in [0.1, 0.15) is 5.75 Å². The Morgan fingerprint density at radius 1 is 1.36 bits per heavy atom. The average molecular weight is 191 g/mol. The predicted octanol–water partition coefficient (Wildman–Crippen LogP) is 2.01. The highest BCUT2D eigenvalue weighted by Gasteiger charge is 2.17. The van der Waals surface area contributed by atoms with E-state index in [1.54, 1.807) is 7.11 Å². The normalized spacial score (nSPS) is 17.9. The first-order valence-electron chi connectivity index (χ1n) is 4.69. The molecule has 0 aromatic heterocycles. The minimum absolute atomic E-state index is 0.739. The Morgan fingerprint density at radius 3 is 2.93 bits per heavy atom. The third-order valence-electron chi connectivity index (χ3n) is 2.65. The topological polar surface area (TPSA) is 41.8 Å². The summed E-state index contributed by atoms with van der Waals surface area (Å²) in [6.07, 6.45) is 2.46. The van der Waals surface area contributed by atoms with Crippen LogP contribution in [0, 0.1) is 0 Å². The van der Waals surface area contributed by atoms with Crippen LogP contribution in [0.3, 0.4) is 0 Å². The van der Waals surface area contributed by atoms with Gasteiger partial charge in [0.15, 0.2) is 0 Å². The fraction of sp³-hybridized carbons (Fsp3) is 0.364. The molecule has 2 rings (SSSR count). The number of fused-ring (bicyclic) bond motifs is 1. The SMILES string of the molecule is COc1cccc2c1CC/C(=N\O)C2. The van der Waals surface area contributed by atoms with E-state index in [0.29, 0.717) is 0 Å². The molecular formula is C11H13NO2. The molecule has 0 spiro atoms. The summed E-state index contributed by atoms with van der Waals surface area (Å²) in [5.74, 6) is 0.944. The molecule has 0 saturated carbocycles. The van der Waals surface area contributed by atoms with Gasteiger partial charge in [0.05, 0.1) is 12.8 Å². The Balaban J connectivity index is 2.40. The Bertz CT molecular complexity index is 372. The van der Waals surface area contributed by atoms with Crippen LogP contribution < -0.4 is 4.74 Å². The second-order valence-electron chi connectivity index (χ2n) is 3.44. The summed E-state index contributed by atoms with van der Waals surface area (Å²) in [6, 6.07) is 6.00. The number of rotatable bonds is 1. The van der Waals surface area contributed by atoms with E-state index >= 15 is 0 Å². The second kappa shape index (κ2) is 3.70. The third kappa shape index (κ3) is 1.45. The number of oxime groups is 1. The molecule has 0 saturated heterocycles. The molecule has 1 aliphatic carbocycles. The highest BCUT2D eigenvalue weighted by atomic mass is 16.5. The Kier molecular flexibility index (Phi) is 2.39. The van der Waals surface area contributed by atoms with E-state index in [1.807, 2.05) is 12.1 Å². The summed E-state index contributed by atoms with van der Waals surface area (Å²) < 4.78 is 5.28. The van der Waals surface area contributed by atoms with Crippen molar-refractivity contribution in [2.24, 2.45) is 5.16 Å². The summed E-state index contributed by atoms with van der Waals surface area (Å²) in [5, 5.41) is 12.0. The summed E-state index contributed by atoms with van der Waals surface area (Å²) >= 11 is 0. The zero-order chi connectivity index (χ0) is 9.97. The van der Waals surface area contributed by atoms with Gasteiger partial charge < -0.3 is 9.94 Å². The first-order valence-corrected chi connectivity index (χ1v) is 4.69. The smallest absolute Gasteiger partial charge is 0.122 e. The number of methoxy groups -OCH3 is 1.